The van der Waals surface area contributed by atoms with Gasteiger partial charge in [0, 0.05) is 17.2 Å². The lowest BCUT2D eigenvalue weighted by Gasteiger charge is -2.19. The molecular weight excluding hydrogens is 419 g/mol. The Labute approximate surface area is 177 Å². The van der Waals surface area contributed by atoms with Crippen LogP contribution in [0.25, 0.3) is 0 Å². The highest BCUT2D eigenvalue weighted by Gasteiger charge is 2.40. The molecule has 0 aromatic heterocycles. The van der Waals surface area contributed by atoms with Gasteiger partial charge in [-0.3, -0.25) is 9.59 Å². The molecule has 7 nitrogen and oxygen atoms in total. The molecular formula is C20H18Cl2N2O5. The van der Waals surface area contributed by atoms with E-state index in [0.717, 1.165) is 4.90 Å². The number of halogens is 2. The number of benzene rings is 2. The Balaban J connectivity index is 2.00. The van der Waals surface area contributed by atoms with Gasteiger partial charge < -0.3 is 19.5 Å². The fraction of sp³-hybridized carbons (Fsp3) is 0.200. The molecule has 0 atom stereocenters. The molecule has 0 bridgehead atoms. The van der Waals surface area contributed by atoms with E-state index in [2.05, 4.69) is 5.32 Å². The summed E-state index contributed by atoms with van der Waals surface area (Å²) in [6.07, 6.45) is 0. The van der Waals surface area contributed by atoms with Crippen molar-refractivity contribution in [1.29, 1.82) is 0 Å². The van der Waals surface area contributed by atoms with Crippen molar-refractivity contribution in [3.05, 3.63) is 51.6 Å². The van der Waals surface area contributed by atoms with Crippen molar-refractivity contribution in [3.63, 3.8) is 0 Å². The SMILES string of the molecule is COc1ccc(NC2=C(Cl)C(=O)N(c3cc(C)c(Cl)cc3OC)C2=O)c(OC)c1. The first-order chi connectivity index (χ1) is 13.8. The standard InChI is InChI=1S/C20H18Cl2N2O5/c1-10-7-14(16(29-4)9-12(10)21)24-19(25)17(22)18(20(24)26)23-13-6-5-11(27-2)8-15(13)28-3/h5-9,23H,1-4H3. The van der Waals surface area contributed by atoms with Crippen molar-refractivity contribution in [2.75, 3.05) is 31.5 Å². The van der Waals surface area contributed by atoms with E-state index in [-0.39, 0.29) is 22.2 Å². The first-order valence-corrected chi connectivity index (χ1v) is 9.19. The van der Waals surface area contributed by atoms with Crippen molar-refractivity contribution < 1.29 is 23.8 Å². The molecule has 0 saturated heterocycles. The van der Waals surface area contributed by atoms with E-state index >= 15 is 0 Å². The van der Waals surface area contributed by atoms with Crippen molar-refractivity contribution >= 4 is 46.4 Å². The first-order valence-electron chi connectivity index (χ1n) is 8.44. The Kier molecular flexibility index (Phi) is 5.91. The number of carbonyl (C=O) groups is 2. The summed E-state index contributed by atoms with van der Waals surface area (Å²) in [5, 5.41) is 3.09. The number of nitrogens with zero attached hydrogens (tertiary/aromatic N) is 1. The number of methoxy groups -OCH3 is 3. The Morgan fingerprint density at radius 2 is 1.59 bits per heavy atom. The van der Waals surface area contributed by atoms with Gasteiger partial charge in [-0.25, -0.2) is 4.90 Å². The van der Waals surface area contributed by atoms with Gasteiger partial charge >= 0.3 is 0 Å². The fourth-order valence-corrected chi connectivity index (χ4v) is 3.22. The molecule has 2 amide bonds. The third-order valence-corrected chi connectivity index (χ3v) is 5.15. The van der Waals surface area contributed by atoms with Gasteiger partial charge in [0.05, 0.1) is 32.7 Å². The summed E-state index contributed by atoms with van der Waals surface area (Å²) >= 11 is 12.3. The minimum atomic E-state index is -0.674. The quantitative estimate of drug-likeness (QED) is 0.686. The van der Waals surface area contributed by atoms with Crippen molar-refractivity contribution in [2.45, 2.75) is 6.92 Å². The van der Waals surface area contributed by atoms with E-state index in [4.69, 9.17) is 37.4 Å². The molecule has 2 aromatic rings. The molecule has 1 heterocycles. The predicted octanol–water partition coefficient (Wildman–Crippen LogP) is 4.11. The Hall–Kier alpha value is -2.90. The average Bonchev–Trinajstić information content (AvgIpc) is 2.93. The third-order valence-electron chi connectivity index (χ3n) is 4.40. The zero-order chi connectivity index (χ0) is 21.3. The second kappa shape index (κ2) is 8.23. The number of rotatable bonds is 6. The molecule has 29 heavy (non-hydrogen) atoms. The van der Waals surface area contributed by atoms with Crippen LogP contribution in [0.2, 0.25) is 5.02 Å². The number of hydrogen-bond donors (Lipinski definition) is 1. The van der Waals surface area contributed by atoms with E-state index in [1.807, 2.05) is 0 Å². The zero-order valence-corrected chi connectivity index (χ0v) is 17.6. The summed E-state index contributed by atoms with van der Waals surface area (Å²) < 4.78 is 15.8. The van der Waals surface area contributed by atoms with Crippen LogP contribution >= 0.6 is 23.2 Å². The molecule has 152 valence electrons. The van der Waals surface area contributed by atoms with E-state index in [9.17, 15) is 9.59 Å². The summed E-state index contributed by atoms with van der Waals surface area (Å²) in [7, 11) is 4.43. The Bertz CT molecular complexity index is 1040. The van der Waals surface area contributed by atoms with Crippen LogP contribution in [0.3, 0.4) is 0 Å². The summed E-state index contributed by atoms with van der Waals surface area (Å²) in [5.41, 5.74) is 1.30. The van der Waals surface area contributed by atoms with Crippen molar-refractivity contribution in [3.8, 4) is 17.2 Å². The molecule has 9 heteroatoms. The molecule has 0 unspecified atom stereocenters. The molecule has 1 aliphatic heterocycles. The van der Waals surface area contributed by atoms with Crippen LogP contribution in [0.4, 0.5) is 11.4 Å². The van der Waals surface area contributed by atoms with Gasteiger partial charge in [0.2, 0.25) is 0 Å². The normalized spacial score (nSPS) is 13.8. The van der Waals surface area contributed by atoms with Gasteiger partial charge in [0.15, 0.2) is 0 Å². The maximum Gasteiger partial charge on any atom is 0.283 e. The first kappa shape index (κ1) is 20.8. The molecule has 0 radical (unpaired) electrons. The maximum atomic E-state index is 13.1. The number of aryl methyl sites for hydroxylation is 1. The van der Waals surface area contributed by atoms with Crippen LogP contribution < -0.4 is 24.4 Å². The maximum absolute atomic E-state index is 13.1. The van der Waals surface area contributed by atoms with Crippen molar-refractivity contribution in [1.82, 2.24) is 0 Å². The second-order valence-corrected chi connectivity index (χ2v) is 6.88. The highest BCUT2D eigenvalue weighted by atomic mass is 35.5. The van der Waals surface area contributed by atoms with E-state index in [1.54, 1.807) is 37.3 Å². The van der Waals surface area contributed by atoms with Crippen LogP contribution in [0.1, 0.15) is 5.56 Å². The van der Waals surface area contributed by atoms with E-state index in [1.165, 1.54) is 21.3 Å². The second-order valence-electron chi connectivity index (χ2n) is 6.10. The highest BCUT2D eigenvalue weighted by molar-refractivity contribution is 6.53. The number of amides is 2. The van der Waals surface area contributed by atoms with Crippen LogP contribution in [0, 0.1) is 6.92 Å². The van der Waals surface area contributed by atoms with Crippen molar-refractivity contribution in [2.24, 2.45) is 0 Å². The molecule has 0 aliphatic carbocycles. The minimum absolute atomic E-state index is 0.0743. The number of hydrogen-bond acceptors (Lipinski definition) is 6. The lowest BCUT2D eigenvalue weighted by molar-refractivity contribution is -0.120. The summed E-state index contributed by atoms with van der Waals surface area (Å²) in [6, 6.07) is 8.12. The number of anilines is 2. The monoisotopic (exact) mass is 436 g/mol. The molecule has 0 spiro atoms. The number of ether oxygens (including phenoxy) is 3. The van der Waals surface area contributed by atoms with Gasteiger partial charge in [-0.05, 0) is 30.7 Å². The fourth-order valence-electron chi connectivity index (χ4n) is 2.85. The van der Waals surface area contributed by atoms with Crippen LogP contribution in [-0.4, -0.2) is 33.1 Å². The number of imide groups is 1. The summed E-state index contributed by atoms with van der Waals surface area (Å²) in [5.74, 6) is -0.0381. The van der Waals surface area contributed by atoms with Gasteiger partial charge in [-0.2, -0.15) is 0 Å². The third kappa shape index (κ3) is 3.71. The van der Waals surface area contributed by atoms with Crippen LogP contribution in [0.5, 0.6) is 17.2 Å². The largest absolute Gasteiger partial charge is 0.497 e. The molecule has 0 fully saturated rings. The summed E-state index contributed by atoms with van der Waals surface area (Å²) in [6.45, 7) is 1.76. The average molecular weight is 437 g/mol. The van der Waals surface area contributed by atoms with E-state index in [0.29, 0.717) is 27.8 Å². The molecule has 1 N–H and O–H groups in total. The lowest BCUT2D eigenvalue weighted by atomic mass is 10.2. The predicted molar refractivity (Wildman–Crippen MR) is 111 cm³/mol. The Morgan fingerprint density at radius 3 is 2.21 bits per heavy atom. The lowest BCUT2D eigenvalue weighted by Crippen LogP contribution is -2.32. The topological polar surface area (TPSA) is 77.1 Å². The molecule has 0 saturated carbocycles. The number of nitrogens with one attached hydrogen (secondary N) is 1. The van der Waals surface area contributed by atoms with Gasteiger partial charge in [-0.1, -0.05) is 23.2 Å². The number of carbonyl (C=O) groups excluding carboxylic acids is 2. The summed E-state index contributed by atoms with van der Waals surface area (Å²) in [4.78, 5) is 26.8. The van der Waals surface area contributed by atoms with E-state index < -0.39 is 11.8 Å². The molecule has 3 rings (SSSR count). The molecule has 1 aliphatic rings. The van der Waals surface area contributed by atoms with Gasteiger partial charge in [-0.15, -0.1) is 0 Å². The molecule has 2 aromatic carbocycles. The smallest absolute Gasteiger partial charge is 0.283 e. The highest BCUT2D eigenvalue weighted by Crippen LogP contribution is 2.39. The van der Waals surface area contributed by atoms with Gasteiger partial charge in [0.25, 0.3) is 11.8 Å². The van der Waals surface area contributed by atoms with Crippen LogP contribution in [0.15, 0.2) is 41.1 Å². The Morgan fingerprint density at radius 1 is 0.897 bits per heavy atom. The van der Waals surface area contributed by atoms with Gasteiger partial charge in [0.1, 0.15) is 28.0 Å². The van der Waals surface area contributed by atoms with Crippen LogP contribution in [-0.2, 0) is 9.59 Å². The zero-order valence-electron chi connectivity index (χ0n) is 16.1. The minimum Gasteiger partial charge on any atom is -0.497 e.